The van der Waals surface area contributed by atoms with E-state index in [0.29, 0.717) is 56.0 Å². The Morgan fingerprint density at radius 3 is 1.11 bits per heavy atom. The number of hydrogen-bond donors (Lipinski definition) is 0. The van der Waals surface area contributed by atoms with E-state index in [9.17, 15) is 21.9 Å². The van der Waals surface area contributed by atoms with Crippen LogP contribution in [0.25, 0.3) is 66.8 Å². The van der Waals surface area contributed by atoms with Crippen LogP contribution < -0.4 is 52.1 Å². The molecule has 96 heavy (non-hydrogen) atoms. The molecule has 0 spiro atoms. The molecule has 0 amide bonds. The maximum Gasteiger partial charge on any atom is 0.260 e. The number of anilines is 6. The molecule has 4 heterocycles. The minimum atomic E-state index is -1.58. The SMILES string of the molecule is [2H]c1c([2H])c([2H])c2c(c1[2H])Oc1c([2H])c3c(c4c1B2c1c([2H])c([2H])c([2H])c([2H])c1O4)B1c2c(cc(C(C)(C)C)cc2N3c2c(-c3ccccc3)cc(C(C)(C)C)cc2-c2ccccc2)N(c2c(-c3ccccc3)cc(C(C)(C)C)cc2-c2ccccc2)c2c([2H])c([2H])c(-c3c([2H])c([2H])c(-c4ccccc4)c([2H])c3[2H])c([2H])c21. The zero-order valence-electron chi connectivity index (χ0n) is 70.8. The van der Waals surface area contributed by atoms with Crippen molar-refractivity contribution >= 4 is 80.3 Å². The van der Waals surface area contributed by atoms with Gasteiger partial charge in [-0.15, -0.1) is 0 Å². The van der Waals surface area contributed by atoms with Crippen LogP contribution in [0, 0.1) is 0 Å². The zero-order chi connectivity index (χ0) is 79.3. The van der Waals surface area contributed by atoms with Crippen molar-refractivity contribution in [2.45, 2.75) is 78.6 Å². The van der Waals surface area contributed by atoms with Crippen LogP contribution in [-0.2, 0) is 16.2 Å². The molecule has 462 valence electrons. The Morgan fingerprint density at radius 1 is 0.302 bits per heavy atom. The third-order valence-electron chi connectivity index (χ3n) is 19.1. The first-order valence-corrected chi connectivity index (χ1v) is 32.7. The van der Waals surface area contributed by atoms with E-state index in [1.165, 1.54) is 0 Å². The summed E-state index contributed by atoms with van der Waals surface area (Å²) in [6.07, 6.45) is 0. The van der Waals surface area contributed by atoms with Gasteiger partial charge in [-0.2, -0.15) is 0 Å². The summed E-state index contributed by atoms with van der Waals surface area (Å²) < 4.78 is 177. The Hall–Kier alpha value is -10.8. The minimum Gasteiger partial charge on any atom is -0.459 e. The van der Waals surface area contributed by atoms with Gasteiger partial charge < -0.3 is 19.3 Å². The first-order chi connectivity index (χ1) is 53.2. The van der Waals surface area contributed by atoms with Crippen LogP contribution in [0.3, 0.4) is 0 Å². The number of hydrogen-bond acceptors (Lipinski definition) is 4. The first-order valence-electron chi connectivity index (χ1n) is 40.7. The highest BCUT2D eigenvalue weighted by Crippen LogP contribution is 2.56. The predicted molar refractivity (Wildman–Crippen MR) is 407 cm³/mol. The van der Waals surface area contributed by atoms with Crippen molar-refractivity contribution in [3.8, 4) is 89.8 Å². The third-order valence-corrected chi connectivity index (χ3v) is 19.1. The summed E-state index contributed by atoms with van der Waals surface area (Å²) >= 11 is 0. The highest BCUT2D eigenvalue weighted by molar-refractivity contribution is 7.03. The highest BCUT2D eigenvalue weighted by atomic mass is 16.5. The van der Waals surface area contributed by atoms with Crippen molar-refractivity contribution in [1.29, 1.82) is 0 Å². The summed E-state index contributed by atoms with van der Waals surface area (Å²) in [5.74, 6) is -1.21. The van der Waals surface area contributed by atoms with Gasteiger partial charge in [0.2, 0.25) is 0 Å². The van der Waals surface area contributed by atoms with E-state index >= 15 is 0 Å². The number of fused-ring (bicyclic) bond motifs is 9. The second-order valence-electron chi connectivity index (χ2n) is 28.3. The lowest BCUT2D eigenvalue weighted by Gasteiger charge is -2.48. The predicted octanol–water partition coefficient (Wildman–Crippen LogP) is 20.4. The van der Waals surface area contributed by atoms with Gasteiger partial charge >= 0.3 is 0 Å². The zero-order valence-corrected chi connectivity index (χ0v) is 54.8. The van der Waals surface area contributed by atoms with Gasteiger partial charge in [-0.1, -0.05) is 286 Å². The fourth-order valence-corrected chi connectivity index (χ4v) is 14.3. The second kappa shape index (κ2) is 22.4. The van der Waals surface area contributed by atoms with E-state index in [1.807, 2.05) is 131 Å². The van der Waals surface area contributed by atoms with E-state index in [4.69, 9.17) is 9.47 Å². The summed E-state index contributed by atoms with van der Waals surface area (Å²) in [4.78, 5) is 4.02. The maximum atomic E-state index is 11.6. The van der Waals surface area contributed by atoms with Gasteiger partial charge in [-0.3, -0.25) is 0 Å². The number of benzene rings is 13. The van der Waals surface area contributed by atoms with Gasteiger partial charge in [0.15, 0.2) is 0 Å². The lowest BCUT2D eigenvalue weighted by molar-refractivity contribution is 0.467. The molecule has 0 bridgehead atoms. The molecule has 0 atom stereocenters. The molecule has 17 rings (SSSR count). The molecule has 6 heteroatoms. The van der Waals surface area contributed by atoms with Crippen LogP contribution in [0.5, 0.6) is 23.0 Å². The van der Waals surface area contributed by atoms with Crippen molar-refractivity contribution in [2.24, 2.45) is 0 Å². The summed E-state index contributed by atoms with van der Waals surface area (Å²) in [6.45, 7) is 16.0. The quantitative estimate of drug-likeness (QED) is 0.142. The standard InChI is InChI=1S/C90H74B2N2O2/c1-88(2,3)65-50-68(60-31-17-11-18-32-60)85(69(51-65)61-33-19-12-20-34-61)93-75-48-47-64(59-45-43-58(44-46-59)57-29-15-10-16-30-57)49-74(75)92-82-76(93)54-67(90(7,8)9)55-77(82)94(86-70(62-35-21-13-22-36-62)52-66(89(4,5)6)53-71(86)63-37-23-14-24-38-63)78-56-81-84-87(83(78)92)96-80-42-28-26-40-73(80)91(84)72-39-25-27-41-79(72)95-81/h10-56H,1-9H3/i25D,26D,27D,28D,39D,40D,41D,42D,43D,44D,45D,46D,47D,48D,49D,56D. The Bertz CT molecular complexity index is 6060. The Labute approximate surface area is 588 Å². The summed E-state index contributed by atoms with van der Waals surface area (Å²) in [5, 5.41) is 0. The van der Waals surface area contributed by atoms with Crippen molar-refractivity contribution in [3.63, 3.8) is 0 Å². The number of rotatable bonds is 8. The third kappa shape index (κ3) is 9.74. The molecule has 13 aromatic carbocycles. The molecule has 4 aliphatic rings. The smallest absolute Gasteiger partial charge is 0.260 e. The Balaban J connectivity index is 1.16. The van der Waals surface area contributed by atoms with Crippen molar-refractivity contribution < 1.29 is 31.4 Å². The van der Waals surface area contributed by atoms with Gasteiger partial charge in [0.05, 0.1) is 33.3 Å². The van der Waals surface area contributed by atoms with Gasteiger partial charge in [-0.25, -0.2) is 0 Å². The van der Waals surface area contributed by atoms with E-state index in [1.54, 1.807) is 30.3 Å². The molecular formula is C90H74B2N2O2. The van der Waals surface area contributed by atoms with Gasteiger partial charge in [0.1, 0.15) is 23.0 Å². The fourth-order valence-electron chi connectivity index (χ4n) is 14.3. The van der Waals surface area contributed by atoms with Crippen molar-refractivity contribution in [3.05, 3.63) is 301 Å². The van der Waals surface area contributed by atoms with Gasteiger partial charge in [-0.05, 0) is 159 Å². The summed E-state index contributed by atoms with van der Waals surface area (Å²) in [6, 6.07) is 51.9. The second-order valence-corrected chi connectivity index (χ2v) is 28.3. The van der Waals surface area contributed by atoms with Gasteiger partial charge in [0.25, 0.3) is 13.4 Å². The van der Waals surface area contributed by atoms with Crippen molar-refractivity contribution in [2.75, 3.05) is 9.80 Å². The molecule has 0 aliphatic carbocycles. The molecule has 0 saturated heterocycles. The van der Waals surface area contributed by atoms with E-state index in [2.05, 4.69) is 98.7 Å². The molecule has 4 nitrogen and oxygen atoms in total. The summed E-state index contributed by atoms with van der Waals surface area (Å²) in [5.41, 5.74) is 8.37. The van der Waals surface area contributed by atoms with E-state index < -0.39 is 137 Å². The molecule has 13 aromatic rings. The minimum absolute atomic E-state index is 0.00647. The fraction of sp³-hybridized carbons (Fsp3) is 0.133. The largest absolute Gasteiger partial charge is 0.459 e. The number of para-hydroxylation sites is 2. The van der Waals surface area contributed by atoms with E-state index in [0.717, 1.165) is 38.9 Å². The van der Waals surface area contributed by atoms with Crippen LogP contribution in [0.2, 0.25) is 0 Å². The first kappa shape index (κ1) is 44.0. The molecule has 0 aromatic heterocycles. The maximum absolute atomic E-state index is 11.6. The lowest BCUT2D eigenvalue weighted by atomic mass is 9.30. The molecule has 0 unspecified atom stereocenters. The lowest BCUT2D eigenvalue weighted by Crippen LogP contribution is -2.65. The Kier molecular flexibility index (Phi) is 10.3. The molecule has 0 fully saturated rings. The Morgan fingerprint density at radius 2 is 0.677 bits per heavy atom. The van der Waals surface area contributed by atoms with Crippen LogP contribution in [0.15, 0.2) is 285 Å². The van der Waals surface area contributed by atoms with Crippen LogP contribution in [-0.4, -0.2) is 13.4 Å². The number of nitrogens with zero attached hydrogens (tertiary/aromatic N) is 2. The normalized spacial score (nSPS) is 15.7. The van der Waals surface area contributed by atoms with Crippen LogP contribution in [0.4, 0.5) is 34.1 Å². The van der Waals surface area contributed by atoms with Gasteiger partial charge in [0, 0.05) is 56.5 Å². The highest BCUT2D eigenvalue weighted by Gasteiger charge is 2.51. The molecule has 0 N–H and O–H groups in total. The van der Waals surface area contributed by atoms with Crippen molar-refractivity contribution in [1.82, 2.24) is 0 Å². The average Bonchev–Trinajstić information content (AvgIpc) is 0.662. The number of ether oxygens (including phenoxy) is 2. The molecule has 0 saturated carbocycles. The average molecular weight is 1250 g/mol. The monoisotopic (exact) mass is 1250 g/mol. The van der Waals surface area contributed by atoms with Crippen LogP contribution in [0.1, 0.15) is 101 Å². The topological polar surface area (TPSA) is 24.9 Å². The van der Waals surface area contributed by atoms with Crippen LogP contribution >= 0.6 is 0 Å². The summed E-state index contributed by atoms with van der Waals surface area (Å²) in [7, 11) is 0. The molecule has 0 radical (unpaired) electrons. The van der Waals surface area contributed by atoms with E-state index in [-0.39, 0.29) is 67.5 Å². The molecule has 4 aliphatic heterocycles. The molecular weight excluding hydrogens is 1160 g/mol.